The number of rotatable bonds is 8. The molecule has 1 saturated heterocycles. The van der Waals surface area contributed by atoms with Crippen molar-refractivity contribution < 1.29 is 9.84 Å². The molecular formula is C17H28N2O2. The van der Waals surface area contributed by atoms with Crippen molar-refractivity contribution in [3.05, 3.63) is 29.8 Å². The minimum atomic E-state index is 0.117. The molecule has 0 aromatic heterocycles. The fourth-order valence-corrected chi connectivity index (χ4v) is 2.85. The van der Waals surface area contributed by atoms with E-state index in [4.69, 9.17) is 9.84 Å². The number of benzene rings is 1. The first kappa shape index (κ1) is 16.3. The van der Waals surface area contributed by atoms with Gasteiger partial charge in [-0.1, -0.05) is 25.1 Å². The molecule has 2 rings (SSSR count). The maximum atomic E-state index is 8.82. The van der Waals surface area contributed by atoms with Gasteiger partial charge in [0.05, 0.1) is 19.3 Å². The predicted molar refractivity (Wildman–Crippen MR) is 86.7 cm³/mol. The SMILES string of the molecule is CCCNCc1ccccc1N1CCC(OCCO)CC1. The number of piperidine rings is 1. The van der Waals surface area contributed by atoms with Crippen molar-refractivity contribution in [3.8, 4) is 0 Å². The van der Waals surface area contributed by atoms with E-state index in [0.717, 1.165) is 45.4 Å². The molecule has 0 bridgehead atoms. The minimum absolute atomic E-state index is 0.117. The van der Waals surface area contributed by atoms with E-state index >= 15 is 0 Å². The van der Waals surface area contributed by atoms with E-state index < -0.39 is 0 Å². The molecule has 4 heteroatoms. The molecule has 1 aliphatic heterocycles. The molecule has 118 valence electrons. The number of nitrogens with zero attached hydrogens (tertiary/aromatic N) is 1. The third-order valence-corrected chi connectivity index (χ3v) is 3.96. The van der Waals surface area contributed by atoms with Crippen LogP contribution in [0.4, 0.5) is 5.69 Å². The van der Waals surface area contributed by atoms with Gasteiger partial charge in [-0.2, -0.15) is 0 Å². The van der Waals surface area contributed by atoms with Crippen LogP contribution in [0.25, 0.3) is 0 Å². The van der Waals surface area contributed by atoms with Crippen LogP contribution >= 0.6 is 0 Å². The van der Waals surface area contributed by atoms with E-state index in [-0.39, 0.29) is 6.61 Å². The predicted octanol–water partition coefficient (Wildman–Crippen LogP) is 2.16. The van der Waals surface area contributed by atoms with E-state index in [1.54, 1.807) is 0 Å². The Kier molecular flexibility index (Phi) is 7.00. The van der Waals surface area contributed by atoms with Gasteiger partial charge in [0.15, 0.2) is 0 Å². The molecule has 0 amide bonds. The van der Waals surface area contributed by atoms with Crippen molar-refractivity contribution in [1.29, 1.82) is 0 Å². The normalized spacial score (nSPS) is 16.4. The van der Waals surface area contributed by atoms with Crippen LogP contribution in [-0.4, -0.2) is 44.1 Å². The molecule has 1 aromatic rings. The Balaban J connectivity index is 1.90. The quantitative estimate of drug-likeness (QED) is 0.721. The molecule has 0 atom stereocenters. The van der Waals surface area contributed by atoms with Crippen LogP contribution in [0.1, 0.15) is 31.7 Å². The monoisotopic (exact) mass is 292 g/mol. The maximum absolute atomic E-state index is 8.82. The Morgan fingerprint density at radius 1 is 1.29 bits per heavy atom. The second-order valence-electron chi connectivity index (χ2n) is 5.59. The highest BCUT2D eigenvalue weighted by atomic mass is 16.5. The Hall–Kier alpha value is -1.10. The van der Waals surface area contributed by atoms with Gasteiger partial charge < -0.3 is 20.1 Å². The summed E-state index contributed by atoms with van der Waals surface area (Å²) in [5.41, 5.74) is 2.72. The van der Waals surface area contributed by atoms with Gasteiger partial charge in [-0.05, 0) is 37.4 Å². The molecule has 0 saturated carbocycles. The van der Waals surface area contributed by atoms with Gasteiger partial charge in [-0.25, -0.2) is 0 Å². The van der Waals surface area contributed by atoms with E-state index in [2.05, 4.69) is 41.4 Å². The summed E-state index contributed by atoms with van der Waals surface area (Å²) in [7, 11) is 0. The third-order valence-electron chi connectivity index (χ3n) is 3.96. The lowest BCUT2D eigenvalue weighted by Crippen LogP contribution is -2.38. The van der Waals surface area contributed by atoms with Gasteiger partial charge in [0.2, 0.25) is 0 Å². The molecule has 0 radical (unpaired) electrons. The lowest BCUT2D eigenvalue weighted by Gasteiger charge is -2.34. The third kappa shape index (κ3) is 4.99. The average molecular weight is 292 g/mol. The molecule has 21 heavy (non-hydrogen) atoms. The Morgan fingerprint density at radius 3 is 2.76 bits per heavy atom. The summed E-state index contributed by atoms with van der Waals surface area (Å²) >= 11 is 0. The topological polar surface area (TPSA) is 44.7 Å². The summed E-state index contributed by atoms with van der Waals surface area (Å²) in [5, 5.41) is 12.3. The first-order chi connectivity index (χ1) is 10.3. The molecule has 4 nitrogen and oxygen atoms in total. The van der Waals surface area contributed by atoms with Crippen LogP contribution in [0.5, 0.6) is 0 Å². The number of hydrogen-bond donors (Lipinski definition) is 2. The van der Waals surface area contributed by atoms with E-state index in [1.165, 1.54) is 11.3 Å². The molecule has 0 unspecified atom stereocenters. The smallest absolute Gasteiger partial charge is 0.0701 e. The summed E-state index contributed by atoms with van der Waals surface area (Å²) in [5.74, 6) is 0. The van der Waals surface area contributed by atoms with Crippen molar-refractivity contribution in [2.24, 2.45) is 0 Å². The fourth-order valence-electron chi connectivity index (χ4n) is 2.85. The molecule has 0 aliphatic carbocycles. The first-order valence-corrected chi connectivity index (χ1v) is 8.11. The van der Waals surface area contributed by atoms with Crippen LogP contribution in [0.15, 0.2) is 24.3 Å². The molecule has 1 aliphatic rings. The molecule has 0 spiro atoms. The summed E-state index contributed by atoms with van der Waals surface area (Å²) in [6.07, 6.45) is 3.54. The number of nitrogens with one attached hydrogen (secondary N) is 1. The van der Waals surface area contributed by atoms with Crippen LogP contribution in [0.3, 0.4) is 0 Å². The molecular weight excluding hydrogens is 264 g/mol. The van der Waals surface area contributed by atoms with Crippen molar-refractivity contribution >= 4 is 5.69 Å². The standard InChI is InChI=1S/C17H28N2O2/c1-2-9-18-14-15-5-3-4-6-17(15)19-10-7-16(8-11-19)21-13-12-20/h3-6,16,18,20H,2,7-14H2,1H3. The zero-order chi connectivity index (χ0) is 14.9. The van der Waals surface area contributed by atoms with Gasteiger partial charge in [0.1, 0.15) is 0 Å². The highest BCUT2D eigenvalue weighted by Crippen LogP contribution is 2.25. The largest absolute Gasteiger partial charge is 0.394 e. The highest BCUT2D eigenvalue weighted by Gasteiger charge is 2.21. The molecule has 1 fully saturated rings. The molecule has 1 aromatic carbocycles. The summed E-state index contributed by atoms with van der Waals surface area (Å²) in [6.45, 7) is 6.82. The van der Waals surface area contributed by atoms with Crippen molar-refractivity contribution in [2.45, 2.75) is 38.8 Å². The van der Waals surface area contributed by atoms with Gasteiger partial charge >= 0.3 is 0 Å². The van der Waals surface area contributed by atoms with Gasteiger partial charge in [0, 0.05) is 25.3 Å². The Bertz CT molecular complexity index is 404. The van der Waals surface area contributed by atoms with Crippen LogP contribution in [0, 0.1) is 0 Å². The van der Waals surface area contributed by atoms with E-state index in [0.29, 0.717) is 12.7 Å². The second kappa shape index (κ2) is 9.03. The Labute approximate surface area is 128 Å². The number of aliphatic hydroxyl groups excluding tert-OH is 1. The fraction of sp³-hybridized carbons (Fsp3) is 0.647. The maximum Gasteiger partial charge on any atom is 0.0701 e. The van der Waals surface area contributed by atoms with Crippen molar-refractivity contribution in [1.82, 2.24) is 5.32 Å². The molecule has 1 heterocycles. The highest BCUT2D eigenvalue weighted by molar-refractivity contribution is 5.54. The van der Waals surface area contributed by atoms with Crippen LogP contribution in [-0.2, 0) is 11.3 Å². The van der Waals surface area contributed by atoms with Gasteiger partial charge in [0.25, 0.3) is 0 Å². The van der Waals surface area contributed by atoms with E-state index in [9.17, 15) is 0 Å². The van der Waals surface area contributed by atoms with Crippen LogP contribution in [0.2, 0.25) is 0 Å². The lowest BCUT2D eigenvalue weighted by atomic mass is 10.0. The minimum Gasteiger partial charge on any atom is -0.394 e. The zero-order valence-electron chi connectivity index (χ0n) is 13.1. The van der Waals surface area contributed by atoms with Gasteiger partial charge in [-0.3, -0.25) is 0 Å². The summed E-state index contributed by atoms with van der Waals surface area (Å²) < 4.78 is 5.64. The summed E-state index contributed by atoms with van der Waals surface area (Å²) in [6, 6.07) is 8.67. The molecule has 2 N–H and O–H groups in total. The van der Waals surface area contributed by atoms with Crippen molar-refractivity contribution in [3.63, 3.8) is 0 Å². The van der Waals surface area contributed by atoms with Gasteiger partial charge in [-0.15, -0.1) is 0 Å². The second-order valence-corrected chi connectivity index (χ2v) is 5.59. The van der Waals surface area contributed by atoms with Crippen LogP contribution < -0.4 is 10.2 Å². The van der Waals surface area contributed by atoms with E-state index in [1.807, 2.05) is 0 Å². The number of hydrogen-bond acceptors (Lipinski definition) is 4. The summed E-state index contributed by atoms with van der Waals surface area (Å²) in [4.78, 5) is 2.46. The lowest BCUT2D eigenvalue weighted by molar-refractivity contribution is 0.0159. The number of anilines is 1. The first-order valence-electron chi connectivity index (χ1n) is 8.11. The average Bonchev–Trinajstić information content (AvgIpc) is 2.54. The Morgan fingerprint density at radius 2 is 2.05 bits per heavy atom. The number of aliphatic hydroxyl groups is 1. The zero-order valence-corrected chi connectivity index (χ0v) is 13.1. The van der Waals surface area contributed by atoms with Crippen molar-refractivity contribution in [2.75, 3.05) is 37.7 Å². The number of ether oxygens (including phenoxy) is 1. The number of para-hydroxylation sites is 1.